The van der Waals surface area contributed by atoms with Crippen LogP contribution in [0.3, 0.4) is 0 Å². The molecule has 1 aromatic heterocycles. The molecule has 1 aromatic carbocycles. The van der Waals surface area contributed by atoms with Gasteiger partial charge in [0.2, 0.25) is 5.91 Å². The van der Waals surface area contributed by atoms with Crippen molar-refractivity contribution in [1.82, 2.24) is 9.88 Å². The predicted octanol–water partition coefficient (Wildman–Crippen LogP) is 3.75. The van der Waals surface area contributed by atoms with Gasteiger partial charge in [-0.05, 0) is 44.5 Å². The Labute approximate surface area is 128 Å². The van der Waals surface area contributed by atoms with Crippen LogP contribution >= 0.6 is 11.3 Å². The van der Waals surface area contributed by atoms with Gasteiger partial charge in [-0.15, -0.1) is 11.3 Å². The van der Waals surface area contributed by atoms with Gasteiger partial charge in [0.15, 0.2) is 0 Å². The van der Waals surface area contributed by atoms with Crippen molar-refractivity contribution in [3.63, 3.8) is 0 Å². The highest BCUT2D eigenvalue weighted by atomic mass is 32.1. The van der Waals surface area contributed by atoms with E-state index in [1.54, 1.807) is 12.1 Å². The maximum Gasteiger partial charge on any atom is 0.222 e. The molecule has 0 aliphatic carbocycles. The normalized spacial score (nSPS) is 10.6. The Morgan fingerprint density at radius 3 is 2.52 bits per heavy atom. The van der Waals surface area contributed by atoms with Gasteiger partial charge in [0.25, 0.3) is 0 Å². The molecule has 0 saturated heterocycles. The van der Waals surface area contributed by atoms with Gasteiger partial charge in [-0.2, -0.15) is 0 Å². The lowest BCUT2D eigenvalue weighted by Gasteiger charge is -2.17. The van der Waals surface area contributed by atoms with Crippen LogP contribution < -0.4 is 0 Å². The first-order chi connectivity index (χ1) is 10.1. The highest BCUT2D eigenvalue weighted by Crippen LogP contribution is 2.24. The molecule has 2 rings (SSSR count). The Balaban J connectivity index is 1.97. The quantitative estimate of drug-likeness (QED) is 0.814. The molecule has 2 aromatic rings. The number of halogens is 1. The van der Waals surface area contributed by atoms with Crippen LogP contribution in [0.15, 0.2) is 29.6 Å². The number of carbonyl (C=O) groups is 1. The second-order valence-corrected chi connectivity index (χ2v) is 5.58. The van der Waals surface area contributed by atoms with Crippen molar-refractivity contribution < 1.29 is 9.18 Å². The number of aromatic nitrogens is 1. The number of hydrogen-bond donors (Lipinski definition) is 0. The highest BCUT2D eigenvalue weighted by Gasteiger charge is 2.11. The third kappa shape index (κ3) is 4.11. The van der Waals surface area contributed by atoms with E-state index in [4.69, 9.17) is 0 Å². The van der Waals surface area contributed by atoms with Gasteiger partial charge < -0.3 is 4.90 Å². The standard InChI is InChI=1S/C16H19FN2OS/c1-3-19(4-2)15(20)10-9-14-11-21-16(18-14)12-5-7-13(17)8-6-12/h5-8,11H,3-4,9-10H2,1-2H3. The molecule has 0 spiro atoms. The van der Waals surface area contributed by atoms with Crippen molar-refractivity contribution in [1.29, 1.82) is 0 Å². The van der Waals surface area contributed by atoms with Gasteiger partial charge in [0, 0.05) is 30.5 Å². The van der Waals surface area contributed by atoms with E-state index in [1.165, 1.54) is 23.5 Å². The smallest absolute Gasteiger partial charge is 0.222 e. The fraction of sp³-hybridized carbons (Fsp3) is 0.375. The number of rotatable bonds is 6. The van der Waals surface area contributed by atoms with Crippen LogP contribution in [0.2, 0.25) is 0 Å². The number of benzene rings is 1. The molecule has 0 N–H and O–H groups in total. The summed E-state index contributed by atoms with van der Waals surface area (Å²) >= 11 is 1.52. The average molecular weight is 306 g/mol. The van der Waals surface area contributed by atoms with E-state index in [2.05, 4.69) is 4.98 Å². The van der Waals surface area contributed by atoms with Crippen LogP contribution in [0.25, 0.3) is 10.6 Å². The van der Waals surface area contributed by atoms with Crippen LogP contribution in [0.4, 0.5) is 4.39 Å². The van der Waals surface area contributed by atoms with Gasteiger partial charge >= 0.3 is 0 Å². The summed E-state index contributed by atoms with van der Waals surface area (Å²) < 4.78 is 12.9. The fourth-order valence-corrected chi connectivity index (χ4v) is 2.98. The summed E-state index contributed by atoms with van der Waals surface area (Å²) in [6.07, 6.45) is 1.13. The number of thiazole rings is 1. The van der Waals surface area contributed by atoms with E-state index in [9.17, 15) is 9.18 Å². The molecule has 0 fully saturated rings. The largest absolute Gasteiger partial charge is 0.343 e. The maximum atomic E-state index is 12.9. The molecule has 1 heterocycles. The molecule has 21 heavy (non-hydrogen) atoms. The van der Waals surface area contributed by atoms with Crippen molar-refractivity contribution in [3.05, 3.63) is 41.2 Å². The van der Waals surface area contributed by atoms with Crippen molar-refractivity contribution >= 4 is 17.2 Å². The Morgan fingerprint density at radius 1 is 1.24 bits per heavy atom. The number of aryl methyl sites for hydroxylation is 1. The second kappa shape index (κ2) is 7.31. The van der Waals surface area contributed by atoms with Gasteiger partial charge in [0.05, 0.1) is 5.69 Å². The molecular formula is C16H19FN2OS. The Hall–Kier alpha value is -1.75. The molecule has 0 bridgehead atoms. The van der Waals surface area contributed by atoms with Gasteiger partial charge in [-0.25, -0.2) is 9.37 Å². The van der Waals surface area contributed by atoms with Gasteiger partial charge in [-0.3, -0.25) is 4.79 Å². The molecule has 1 amide bonds. The zero-order valence-electron chi connectivity index (χ0n) is 12.3. The zero-order chi connectivity index (χ0) is 15.2. The topological polar surface area (TPSA) is 33.2 Å². The monoisotopic (exact) mass is 306 g/mol. The summed E-state index contributed by atoms with van der Waals surface area (Å²) in [5, 5.41) is 2.83. The van der Waals surface area contributed by atoms with E-state index < -0.39 is 0 Å². The van der Waals surface area contributed by atoms with Gasteiger partial charge in [0.1, 0.15) is 10.8 Å². The maximum absolute atomic E-state index is 12.9. The lowest BCUT2D eigenvalue weighted by atomic mass is 10.2. The highest BCUT2D eigenvalue weighted by molar-refractivity contribution is 7.13. The van der Waals surface area contributed by atoms with E-state index >= 15 is 0 Å². The van der Waals surface area contributed by atoms with E-state index in [0.29, 0.717) is 12.8 Å². The van der Waals surface area contributed by atoms with Crippen molar-refractivity contribution in [2.24, 2.45) is 0 Å². The minimum absolute atomic E-state index is 0.163. The molecule has 0 unspecified atom stereocenters. The first kappa shape index (κ1) is 15.6. The minimum atomic E-state index is -0.250. The number of carbonyl (C=O) groups excluding carboxylic acids is 1. The first-order valence-corrected chi connectivity index (χ1v) is 8.00. The van der Waals surface area contributed by atoms with Crippen molar-refractivity contribution in [2.45, 2.75) is 26.7 Å². The Kier molecular flexibility index (Phi) is 5.44. The fourth-order valence-electron chi connectivity index (χ4n) is 2.12. The summed E-state index contributed by atoms with van der Waals surface area (Å²) in [5.41, 5.74) is 1.82. The summed E-state index contributed by atoms with van der Waals surface area (Å²) in [4.78, 5) is 18.3. The lowest BCUT2D eigenvalue weighted by Crippen LogP contribution is -2.30. The molecule has 0 saturated carbocycles. The van der Waals surface area contributed by atoms with Crippen LogP contribution in [0, 0.1) is 5.82 Å². The van der Waals surface area contributed by atoms with E-state index in [0.717, 1.165) is 29.4 Å². The van der Waals surface area contributed by atoms with Crippen LogP contribution in [-0.2, 0) is 11.2 Å². The third-order valence-corrected chi connectivity index (χ3v) is 4.29. The third-order valence-electron chi connectivity index (χ3n) is 3.35. The van der Waals surface area contributed by atoms with Gasteiger partial charge in [-0.1, -0.05) is 0 Å². The summed E-state index contributed by atoms with van der Waals surface area (Å²) in [6, 6.07) is 6.30. The predicted molar refractivity (Wildman–Crippen MR) is 83.8 cm³/mol. The van der Waals surface area contributed by atoms with Crippen LogP contribution in [-0.4, -0.2) is 28.9 Å². The number of amides is 1. The molecule has 0 radical (unpaired) electrons. The van der Waals surface area contributed by atoms with Crippen molar-refractivity contribution in [2.75, 3.05) is 13.1 Å². The van der Waals surface area contributed by atoms with Crippen LogP contribution in [0.5, 0.6) is 0 Å². The molecule has 112 valence electrons. The Bertz CT molecular complexity index is 591. The SMILES string of the molecule is CCN(CC)C(=O)CCc1csc(-c2ccc(F)cc2)n1. The summed E-state index contributed by atoms with van der Waals surface area (Å²) in [6.45, 7) is 5.45. The second-order valence-electron chi connectivity index (χ2n) is 4.72. The molecule has 0 aliphatic rings. The first-order valence-electron chi connectivity index (χ1n) is 7.12. The molecule has 5 heteroatoms. The van der Waals surface area contributed by atoms with E-state index in [-0.39, 0.29) is 11.7 Å². The van der Waals surface area contributed by atoms with Crippen LogP contribution in [0.1, 0.15) is 26.0 Å². The summed E-state index contributed by atoms with van der Waals surface area (Å²) in [5.74, 6) is -0.0864. The summed E-state index contributed by atoms with van der Waals surface area (Å²) in [7, 11) is 0. The molecule has 3 nitrogen and oxygen atoms in total. The molecule has 0 aliphatic heterocycles. The number of hydrogen-bond acceptors (Lipinski definition) is 3. The zero-order valence-corrected chi connectivity index (χ0v) is 13.1. The molecule has 0 atom stereocenters. The Morgan fingerprint density at radius 2 is 1.90 bits per heavy atom. The number of nitrogens with zero attached hydrogens (tertiary/aromatic N) is 2. The average Bonchev–Trinajstić information content (AvgIpc) is 2.96. The minimum Gasteiger partial charge on any atom is -0.343 e. The molecular weight excluding hydrogens is 287 g/mol. The van der Waals surface area contributed by atoms with E-state index in [1.807, 2.05) is 24.1 Å². The lowest BCUT2D eigenvalue weighted by molar-refractivity contribution is -0.130. The van der Waals surface area contributed by atoms with Crippen molar-refractivity contribution in [3.8, 4) is 10.6 Å².